The molecule has 0 heterocycles. The number of rotatable bonds is 11. The highest BCUT2D eigenvalue weighted by Crippen LogP contribution is 2.36. The summed E-state index contributed by atoms with van der Waals surface area (Å²) in [6, 6.07) is 44.7. The zero-order valence-corrected chi connectivity index (χ0v) is 24.4. The fraction of sp³-hybridized carbons (Fsp3) is 0.184. The first kappa shape index (κ1) is 28.7. The second kappa shape index (κ2) is 13.7. The van der Waals surface area contributed by atoms with Gasteiger partial charge in [0.25, 0.3) is 0 Å². The number of hydrogen-bond acceptors (Lipinski definition) is 3. The van der Waals surface area contributed by atoms with Gasteiger partial charge in [0.2, 0.25) is 5.91 Å². The fourth-order valence-corrected chi connectivity index (χ4v) is 5.46. The second-order valence-electron chi connectivity index (χ2n) is 10.9. The molecule has 4 nitrogen and oxygen atoms in total. The molecule has 0 saturated heterocycles. The molecular weight excluding hydrogens is 516 g/mol. The molecule has 1 atom stereocenters. The summed E-state index contributed by atoms with van der Waals surface area (Å²) in [7, 11) is 0. The maximum Gasteiger partial charge on any atom is 0.230 e. The standard InChI is InChI=1S/C38H38N2O2/c1-29-23-35(30(2)38(42)40(27-33-19-11-5-12-20-33)28-34-21-13-6-14-22-34)37(41)24-36(29)39(25-31-15-7-3-8-16-31)26-32-17-9-4-10-18-32/h3-24,30,41H,25-28H2,1-2H3. The average Bonchev–Trinajstić information content (AvgIpc) is 3.03. The van der Waals surface area contributed by atoms with Crippen molar-refractivity contribution in [2.24, 2.45) is 0 Å². The van der Waals surface area contributed by atoms with Crippen molar-refractivity contribution >= 4 is 11.6 Å². The number of anilines is 1. The largest absolute Gasteiger partial charge is 0.508 e. The summed E-state index contributed by atoms with van der Waals surface area (Å²) in [4.78, 5) is 18.2. The molecule has 0 aliphatic carbocycles. The summed E-state index contributed by atoms with van der Waals surface area (Å²) in [6.07, 6.45) is 0. The summed E-state index contributed by atoms with van der Waals surface area (Å²) in [5.41, 5.74) is 7.15. The minimum Gasteiger partial charge on any atom is -0.508 e. The number of nitrogens with zero attached hydrogens (tertiary/aromatic N) is 2. The number of benzene rings is 5. The molecule has 0 aliphatic heterocycles. The van der Waals surface area contributed by atoms with Crippen LogP contribution in [0.2, 0.25) is 0 Å². The third-order valence-electron chi connectivity index (χ3n) is 7.70. The van der Waals surface area contributed by atoms with E-state index >= 15 is 0 Å². The fourth-order valence-electron chi connectivity index (χ4n) is 5.46. The van der Waals surface area contributed by atoms with E-state index in [0.717, 1.165) is 22.4 Å². The lowest BCUT2D eigenvalue weighted by Gasteiger charge is -2.29. The molecule has 42 heavy (non-hydrogen) atoms. The highest BCUT2D eigenvalue weighted by molar-refractivity contribution is 5.84. The normalized spacial score (nSPS) is 11.6. The molecule has 5 aromatic rings. The van der Waals surface area contributed by atoms with Gasteiger partial charge in [0.05, 0.1) is 5.92 Å². The Bertz CT molecular complexity index is 1490. The molecule has 0 fully saturated rings. The van der Waals surface area contributed by atoms with Crippen LogP contribution in [0.4, 0.5) is 5.69 Å². The molecular formula is C38H38N2O2. The summed E-state index contributed by atoms with van der Waals surface area (Å²) in [5.74, 6) is -0.389. The third kappa shape index (κ3) is 7.27. The van der Waals surface area contributed by atoms with Gasteiger partial charge in [-0.05, 0) is 47.7 Å². The molecule has 0 spiro atoms. The van der Waals surface area contributed by atoms with Crippen LogP contribution in [0.15, 0.2) is 133 Å². The van der Waals surface area contributed by atoms with Crippen LogP contribution in [0.1, 0.15) is 46.2 Å². The van der Waals surface area contributed by atoms with Gasteiger partial charge in [0, 0.05) is 43.5 Å². The SMILES string of the molecule is Cc1cc(C(C)C(=O)N(Cc2ccccc2)Cc2ccccc2)c(O)cc1N(Cc1ccccc1)Cc1ccccc1. The molecule has 5 rings (SSSR count). The average molecular weight is 555 g/mol. The number of hydrogen-bond donors (Lipinski definition) is 1. The van der Waals surface area contributed by atoms with E-state index in [1.165, 1.54) is 11.1 Å². The quantitative estimate of drug-likeness (QED) is 0.179. The summed E-state index contributed by atoms with van der Waals surface area (Å²) < 4.78 is 0. The zero-order chi connectivity index (χ0) is 29.3. The van der Waals surface area contributed by atoms with E-state index in [2.05, 4.69) is 36.1 Å². The van der Waals surface area contributed by atoms with E-state index in [9.17, 15) is 9.90 Å². The number of phenols is 1. The van der Waals surface area contributed by atoms with Gasteiger partial charge in [-0.1, -0.05) is 121 Å². The van der Waals surface area contributed by atoms with Gasteiger partial charge in [-0.15, -0.1) is 0 Å². The Morgan fingerprint density at radius 2 is 1.00 bits per heavy atom. The lowest BCUT2D eigenvalue weighted by Crippen LogP contribution is -2.33. The van der Waals surface area contributed by atoms with Crippen molar-refractivity contribution in [3.05, 3.63) is 167 Å². The van der Waals surface area contributed by atoms with Gasteiger partial charge in [-0.2, -0.15) is 0 Å². The van der Waals surface area contributed by atoms with Gasteiger partial charge in [0.1, 0.15) is 5.75 Å². The maximum absolute atomic E-state index is 14.0. The molecule has 1 N–H and O–H groups in total. The Balaban J connectivity index is 1.43. The van der Waals surface area contributed by atoms with Crippen molar-refractivity contribution in [1.29, 1.82) is 0 Å². The Morgan fingerprint density at radius 3 is 1.40 bits per heavy atom. The van der Waals surface area contributed by atoms with E-state index in [1.54, 1.807) is 0 Å². The van der Waals surface area contributed by atoms with Crippen LogP contribution in [-0.4, -0.2) is 15.9 Å². The first-order valence-electron chi connectivity index (χ1n) is 14.5. The smallest absolute Gasteiger partial charge is 0.230 e. The van der Waals surface area contributed by atoms with Crippen LogP contribution >= 0.6 is 0 Å². The third-order valence-corrected chi connectivity index (χ3v) is 7.70. The Labute approximate surface area is 249 Å². The summed E-state index contributed by atoms with van der Waals surface area (Å²) >= 11 is 0. The van der Waals surface area contributed by atoms with Gasteiger partial charge >= 0.3 is 0 Å². The Kier molecular flexibility index (Phi) is 9.35. The van der Waals surface area contributed by atoms with E-state index in [1.807, 2.05) is 121 Å². The van der Waals surface area contributed by atoms with Crippen LogP contribution in [0.5, 0.6) is 5.75 Å². The zero-order valence-electron chi connectivity index (χ0n) is 24.4. The van der Waals surface area contributed by atoms with E-state index < -0.39 is 5.92 Å². The van der Waals surface area contributed by atoms with Crippen LogP contribution in [0, 0.1) is 6.92 Å². The number of phenolic OH excluding ortho intramolecular Hbond substituents is 1. The van der Waals surface area contributed by atoms with Crippen molar-refractivity contribution in [3.63, 3.8) is 0 Å². The predicted octanol–water partition coefficient (Wildman–Crippen LogP) is 8.24. The van der Waals surface area contributed by atoms with E-state index in [0.29, 0.717) is 31.7 Å². The molecule has 0 radical (unpaired) electrons. The van der Waals surface area contributed by atoms with Crippen molar-refractivity contribution in [3.8, 4) is 5.75 Å². The molecule has 0 saturated carbocycles. The molecule has 0 aliphatic rings. The van der Waals surface area contributed by atoms with E-state index in [-0.39, 0.29) is 11.7 Å². The van der Waals surface area contributed by atoms with Crippen molar-refractivity contribution < 1.29 is 9.90 Å². The van der Waals surface area contributed by atoms with Gasteiger partial charge in [-0.3, -0.25) is 4.79 Å². The predicted molar refractivity (Wildman–Crippen MR) is 171 cm³/mol. The lowest BCUT2D eigenvalue weighted by molar-refractivity contribution is -0.133. The molecule has 1 unspecified atom stereocenters. The Hall–Kier alpha value is -4.83. The molecule has 0 aromatic heterocycles. The van der Waals surface area contributed by atoms with Crippen LogP contribution in [0.25, 0.3) is 0 Å². The minimum atomic E-state index is -0.512. The van der Waals surface area contributed by atoms with Crippen LogP contribution in [-0.2, 0) is 31.0 Å². The van der Waals surface area contributed by atoms with Gasteiger partial charge in [0.15, 0.2) is 0 Å². The first-order chi connectivity index (χ1) is 20.5. The first-order valence-corrected chi connectivity index (χ1v) is 14.5. The molecule has 1 amide bonds. The summed E-state index contributed by atoms with van der Waals surface area (Å²) in [6.45, 7) is 6.35. The highest BCUT2D eigenvalue weighted by Gasteiger charge is 2.26. The number of carbonyl (C=O) groups excluding carboxylic acids is 1. The number of carbonyl (C=O) groups is 1. The van der Waals surface area contributed by atoms with Gasteiger partial charge in [-0.25, -0.2) is 0 Å². The topological polar surface area (TPSA) is 43.8 Å². The van der Waals surface area contributed by atoms with E-state index in [4.69, 9.17) is 0 Å². The Morgan fingerprint density at radius 1 is 0.619 bits per heavy atom. The summed E-state index contributed by atoms with van der Waals surface area (Å²) in [5, 5.41) is 11.4. The van der Waals surface area contributed by atoms with Crippen molar-refractivity contribution in [2.45, 2.75) is 45.9 Å². The second-order valence-corrected chi connectivity index (χ2v) is 10.9. The number of amides is 1. The molecule has 4 heteroatoms. The maximum atomic E-state index is 14.0. The van der Waals surface area contributed by atoms with Crippen molar-refractivity contribution in [2.75, 3.05) is 4.90 Å². The van der Waals surface area contributed by atoms with Crippen molar-refractivity contribution in [1.82, 2.24) is 4.90 Å². The number of aromatic hydroxyl groups is 1. The number of aryl methyl sites for hydroxylation is 1. The van der Waals surface area contributed by atoms with Crippen LogP contribution in [0.3, 0.4) is 0 Å². The minimum absolute atomic E-state index is 0.0180. The highest BCUT2D eigenvalue weighted by atomic mass is 16.3. The molecule has 0 bridgehead atoms. The molecule has 212 valence electrons. The molecule has 5 aromatic carbocycles. The monoisotopic (exact) mass is 554 g/mol. The lowest BCUT2D eigenvalue weighted by atomic mass is 9.94. The van der Waals surface area contributed by atoms with Crippen LogP contribution < -0.4 is 4.90 Å². The van der Waals surface area contributed by atoms with Gasteiger partial charge < -0.3 is 14.9 Å².